The molecule has 35 heavy (non-hydrogen) atoms. The summed E-state index contributed by atoms with van der Waals surface area (Å²) in [5.41, 5.74) is 3.19. The summed E-state index contributed by atoms with van der Waals surface area (Å²) in [7, 11) is 4.81. The van der Waals surface area contributed by atoms with Crippen LogP contribution in [0.25, 0.3) is 22.0 Å². The molecule has 0 saturated carbocycles. The number of fused-ring (bicyclic) bond motifs is 1. The van der Waals surface area contributed by atoms with Crippen molar-refractivity contribution in [3.8, 4) is 17.0 Å². The molecule has 3 aromatic heterocycles. The second-order valence-electron chi connectivity index (χ2n) is 8.26. The average molecular weight is 476 g/mol. The quantitative estimate of drug-likeness (QED) is 0.421. The van der Waals surface area contributed by atoms with Crippen LogP contribution in [-0.2, 0) is 11.2 Å². The van der Waals surface area contributed by atoms with Crippen molar-refractivity contribution in [1.29, 1.82) is 0 Å². The molecule has 0 unspecified atom stereocenters. The van der Waals surface area contributed by atoms with Crippen molar-refractivity contribution in [3.05, 3.63) is 78.1 Å². The van der Waals surface area contributed by atoms with E-state index in [2.05, 4.69) is 15.0 Å². The fourth-order valence-corrected chi connectivity index (χ4v) is 3.79. The number of hydrogen-bond acceptors (Lipinski definition) is 5. The fraction of sp³-hybridized carbons (Fsp3) is 0.231. The van der Waals surface area contributed by atoms with Crippen LogP contribution in [0.2, 0.25) is 0 Å². The number of carbonyl (C=O) groups excluding carboxylic acids is 2. The van der Waals surface area contributed by atoms with Crippen LogP contribution in [-0.4, -0.2) is 70.9 Å². The molecule has 0 fully saturated rings. The lowest BCUT2D eigenvalue weighted by Crippen LogP contribution is -2.41. The number of carbonyl (C=O) groups is 2. The van der Waals surface area contributed by atoms with Crippen molar-refractivity contribution in [2.24, 2.45) is 0 Å². The van der Waals surface area contributed by atoms with E-state index < -0.39 is 0 Å². The maximum Gasteiger partial charge on any atom is 0.273 e. The Hall–Kier alpha value is -4.27. The monoisotopic (exact) mass is 475 g/mol. The van der Waals surface area contributed by atoms with Gasteiger partial charge in [-0.3, -0.25) is 14.6 Å². The molecule has 9 heteroatoms. The van der Waals surface area contributed by atoms with Crippen molar-refractivity contribution in [2.45, 2.75) is 6.42 Å². The number of likely N-dealkylation sites (N-methyl/N-ethyl adjacent to an activating group) is 1. The Bertz CT molecular complexity index is 1350. The SMILES string of the molecule is COc1ccc(-c2cccnc2C(=O)N(CCc2c[nH]c3ccc(F)cc23)CC(=O)N(C)C)cn1. The number of H-pyrrole nitrogens is 1. The molecule has 4 aromatic rings. The van der Waals surface area contributed by atoms with Gasteiger partial charge in [-0.1, -0.05) is 6.07 Å². The molecule has 0 radical (unpaired) electrons. The van der Waals surface area contributed by atoms with Crippen LogP contribution in [0.4, 0.5) is 4.39 Å². The second-order valence-corrected chi connectivity index (χ2v) is 8.26. The summed E-state index contributed by atoms with van der Waals surface area (Å²) >= 11 is 0. The number of nitrogens with one attached hydrogen (secondary N) is 1. The normalized spacial score (nSPS) is 10.9. The number of benzene rings is 1. The number of amides is 2. The van der Waals surface area contributed by atoms with E-state index in [4.69, 9.17) is 4.74 Å². The predicted molar refractivity (Wildman–Crippen MR) is 131 cm³/mol. The van der Waals surface area contributed by atoms with Gasteiger partial charge in [-0.15, -0.1) is 0 Å². The molecule has 1 aromatic carbocycles. The van der Waals surface area contributed by atoms with E-state index in [0.29, 0.717) is 23.4 Å². The Morgan fingerprint density at radius 1 is 1.11 bits per heavy atom. The number of halogens is 1. The van der Waals surface area contributed by atoms with E-state index in [1.165, 1.54) is 29.0 Å². The Labute approximate surface area is 202 Å². The van der Waals surface area contributed by atoms with Crippen LogP contribution in [0.15, 0.2) is 61.1 Å². The van der Waals surface area contributed by atoms with Crippen LogP contribution < -0.4 is 4.74 Å². The summed E-state index contributed by atoms with van der Waals surface area (Å²) in [6.45, 7) is 0.137. The van der Waals surface area contributed by atoms with E-state index in [1.54, 1.807) is 63.0 Å². The van der Waals surface area contributed by atoms with Gasteiger partial charge < -0.3 is 19.5 Å². The van der Waals surface area contributed by atoms with Gasteiger partial charge in [0.05, 0.1) is 7.11 Å². The summed E-state index contributed by atoms with van der Waals surface area (Å²) in [5.74, 6) is -0.469. The van der Waals surface area contributed by atoms with Crippen molar-refractivity contribution < 1.29 is 18.7 Å². The number of hydrogen-bond donors (Lipinski definition) is 1. The smallest absolute Gasteiger partial charge is 0.273 e. The molecular weight excluding hydrogens is 449 g/mol. The molecule has 0 aliphatic heterocycles. The number of methoxy groups -OCH3 is 1. The van der Waals surface area contributed by atoms with Crippen molar-refractivity contribution >= 4 is 22.7 Å². The van der Waals surface area contributed by atoms with Gasteiger partial charge in [0.1, 0.15) is 18.1 Å². The molecule has 0 saturated heterocycles. The van der Waals surface area contributed by atoms with Crippen LogP contribution in [0.5, 0.6) is 5.88 Å². The van der Waals surface area contributed by atoms with E-state index in [1.807, 2.05) is 0 Å². The molecular formula is C26H26FN5O3. The minimum Gasteiger partial charge on any atom is -0.481 e. The molecule has 0 aliphatic carbocycles. The van der Waals surface area contributed by atoms with Gasteiger partial charge >= 0.3 is 0 Å². The number of aromatic nitrogens is 3. The number of pyridine rings is 2. The minimum atomic E-state index is -0.377. The number of aromatic amines is 1. The van der Waals surface area contributed by atoms with Gasteiger partial charge in [0, 0.05) is 67.3 Å². The van der Waals surface area contributed by atoms with Crippen LogP contribution in [0.1, 0.15) is 16.1 Å². The van der Waals surface area contributed by atoms with E-state index in [9.17, 15) is 14.0 Å². The second kappa shape index (κ2) is 10.3. The molecule has 0 bridgehead atoms. The topological polar surface area (TPSA) is 91.4 Å². The molecule has 0 aliphatic rings. The lowest BCUT2D eigenvalue weighted by molar-refractivity contribution is -0.129. The highest BCUT2D eigenvalue weighted by atomic mass is 19.1. The van der Waals surface area contributed by atoms with Crippen molar-refractivity contribution in [1.82, 2.24) is 24.8 Å². The molecule has 0 spiro atoms. The molecule has 8 nitrogen and oxygen atoms in total. The highest BCUT2D eigenvalue weighted by Gasteiger charge is 2.24. The first kappa shape index (κ1) is 23.9. The zero-order valence-electron chi connectivity index (χ0n) is 19.8. The zero-order chi connectivity index (χ0) is 24.9. The zero-order valence-corrected chi connectivity index (χ0v) is 19.8. The number of ether oxygens (including phenoxy) is 1. The van der Waals surface area contributed by atoms with Gasteiger partial charge in [0.25, 0.3) is 5.91 Å². The lowest BCUT2D eigenvalue weighted by Gasteiger charge is -2.24. The van der Waals surface area contributed by atoms with E-state index in [-0.39, 0.29) is 36.4 Å². The van der Waals surface area contributed by atoms with Gasteiger partial charge in [-0.25, -0.2) is 9.37 Å². The predicted octanol–water partition coefficient (Wildman–Crippen LogP) is 3.55. The fourth-order valence-electron chi connectivity index (χ4n) is 3.79. The Balaban J connectivity index is 1.64. The van der Waals surface area contributed by atoms with Crippen molar-refractivity contribution in [3.63, 3.8) is 0 Å². The summed E-state index contributed by atoms with van der Waals surface area (Å²) in [6.07, 6.45) is 5.39. The van der Waals surface area contributed by atoms with Gasteiger partial charge in [-0.05, 0) is 42.3 Å². The molecule has 180 valence electrons. The highest BCUT2D eigenvalue weighted by molar-refractivity contribution is 6.00. The van der Waals surface area contributed by atoms with Gasteiger partial charge in [-0.2, -0.15) is 0 Å². The third kappa shape index (κ3) is 5.29. The van der Waals surface area contributed by atoms with Crippen LogP contribution >= 0.6 is 0 Å². The van der Waals surface area contributed by atoms with Gasteiger partial charge in [0.2, 0.25) is 11.8 Å². The van der Waals surface area contributed by atoms with Gasteiger partial charge in [0.15, 0.2) is 0 Å². The molecule has 4 rings (SSSR count). The van der Waals surface area contributed by atoms with Crippen LogP contribution in [0.3, 0.4) is 0 Å². The summed E-state index contributed by atoms with van der Waals surface area (Å²) in [4.78, 5) is 40.9. The lowest BCUT2D eigenvalue weighted by atomic mass is 10.0. The van der Waals surface area contributed by atoms with Crippen LogP contribution in [0, 0.1) is 5.82 Å². The Kier molecular flexibility index (Phi) is 7.05. The average Bonchev–Trinajstić information content (AvgIpc) is 3.27. The first-order chi connectivity index (χ1) is 16.9. The summed E-state index contributed by atoms with van der Waals surface area (Å²) in [5, 5.41) is 0.749. The molecule has 3 heterocycles. The Morgan fingerprint density at radius 3 is 2.66 bits per heavy atom. The first-order valence-corrected chi connectivity index (χ1v) is 11.1. The minimum absolute atomic E-state index is 0.112. The third-order valence-electron chi connectivity index (χ3n) is 5.76. The summed E-state index contributed by atoms with van der Waals surface area (Å²) in [6, 6.07) is 11.6. The largest absolute Gasteiger partial charge is 0.481 e. The standard InChI is InChI=1S/C26H26FN5O3/c1-31(2)24(33)16-32(12-10-18-14-29-22-8-7-19(27)13-21(18)22)26(34)25-20(5-4-11-28-25)17-6-9-23(35-3)30-15-17/h4-9,11,13-15,29H,10,12,16H2,1-3H3. The maximum atomic E-state index is 13.8. The Morgan fingerprint density at radius 2 is 1.94 bits per heavy atom. The maximum absolute atomic E-state index is 13.8. The molecule has 0 atom stereocenters. The molecule has 1 N–H and O–H groups in total. The first-order valence-electron chi connectivity index (χ1n) is 11.1. The van der Waals surface area contributed by atoms with E-state index >= 15 is 0 Å². The highest BCUT2D eigenvalue weighted by Crippen LogP contribution is 2.25. The number of nitrogens with zero attached hydrogens (tertiary/aromatic N) is 4. The summed E-state index contributed by atoms with van der Waals surface area (Å²) < 4.78 is 18.9. The van der Waals surface area contributed by atoms with E-state index in [0.717, 1.165) is 16.5 Å². The van der Waals surface area contributed by atoms with Crippen molar-refractivity contribution in [2.75, 3.05) is 34.3 Å². The molecule has 2 amide bonds. The third-order valence-corrected chi connectivity index (χ3v) is 5.76. The number of rotatable bonds is 8.